The summed E-state index contributed by atoms with van der Waals surface area (Å²) in [5, 5.41) is 11.2. The number of ether oxygens (including phenoxy) is 2. The Balaban J connectivity index is 1.92. The van der Waals surface area contributed by atoms with Crippen LogP contribution in [0.5, 0.6) is 11.5 Å². The zero-order chi connectivity index (χ0) is 23.5. The molecule has 7 nitrogen and oxygen atoms in total. The lowest BCUT2D eigenvalue weighted by Gasteiger charge is -2.25. The highest BCUT2D eigenvalue weighted by Gasteiger charge is 2.46. The van der Waals surface area contributed by atoms with Crippen molar-refractivity contribution in [3.8, 4) is 11.5 Å². The number of likely N-dealkylation sites (tertiary alicyclic amines) is 1. The van der Waals surface area contributed by atoms with Crippen molar-refractivity contribution in [1.29, 1.82) is 0 Å². The minimum absolute atomic E-state index is 0.0234. The number of nitrogens with zero attached hydrogens (tertiary/aromatic N) is 2. The molecule has 1 fully saturated rings. The van der Waals surface area contributed by atoms with E-state index in [0.29, 0.717) is 16.9 Å². The van der Waals surface area contributed by atoms with E-state index >= 15 is 0 Å². The maximum absolute atomic E-state index is 14.0. The summed E-state index contributed by atoms with van der Waals surface area (Å²) in [5.41, 5.74) is 1.07. The maximum atomic E-state index is 14.0. The van der Waals surface area contributed by atoms with E-state index in [4.69, 9.17) is 9.47 Å². The van der Waals surface area contributed by atoms with E-state index in [1.165, 1.54) is 31.3 Å². The number of carbonyl (C=O) groups is 2. The van der Waals surface area contributed by atoms with Gasteiger partial charge >= 0.3 is 0 Å². The van der Waals surface area contributed by atoms with Gasteiger partial charge in [0.15, 0.2) is 0 Å². The first-order valence-corrected chi connectivity index (χ1v) is 10.1. The molecular formula is C25H21FN2O5. The Bertz CT molecular complexity index is 1240. The van der Waals surface area contributed by atoms with Crippen molar-refractivity contribution in [3.05, 3.63) is 95.1 Å². The monoisotopic (exact) mass is 448 g/mol. The predicted octanol–water partition coefficient (Wildman–Crippen LogP) is 3.86. The number of rotatable bonds is 6. The van der Waals surface area contributed by atoms with E-state index in [9.17, 15) is 19.1 Å². The lowest BCUT2D eigenvalue weighted by Crippen LogP contribution is -2.29. The minimum Gasteiger partial charge on any atom is -0.507 e. The van der Waals surface area contributed by atoms with Crippen LogP contribution in [0.25, 0.3) is 5.76 Å². The van der Waals surface area contributed by atoms with E-state index in [1.54, 1.807) is 48.8 Å². The Hall–Kier alpha value is -4.20. The van der Waals surface area contributed by atoms with Gasteiger partial charge in [-0.1, -0.05) is 18.2 Å². The molecule has 1 atom stereocenters. The van der Waals surface area contributed by atoms with Gasteiger partial charge in [0.2, 0.25) is 0 Å². The summed E-state index contributed by atoms with van der Waals surface area (Å²) >= 11 is 0. The maximum Gasteiger partial charge on any atom is 0.295 e. The van der Waals surface area contributed by atoms with Gasteiger partial charge in [0.05, 0.1) is 31.4 Å². The van der Waals surface area contributed by atoms with Crippen LogP contribution in [-0.4, -0.2) is 40.9 Å². The molecule has 0 radical (unpaired) electrons. The third kappa shape index (κ3) is 4.15. The number of aliphatic hydroxyl groups excluding tert-OH is 1. The third-order valence-corrected chi connectivity index (χ3v) is 5.44. The summed E-state index contributed by atoms with van der Waals surface area (Å²) < 4.78 is 24.6. The highest BCUT2D eigenvalue weighted by atomic mass is 19.1. The van der Waals surface area contributed by atoms with Gasteiger partial charge in [0.1, 0.15) is 23.1 Å². The first-order valence-electron chi connectivity index (χ1n) is 10.1. The van der Waals surface area contributed by atoms with E-state index < -0.39 is 29.3 Å². The molecule has 1 unspecified atom stereocenters. The Morgan fingerprint density at radius 1 is 1.09 bits per heavy atom. The lowest BCUT2D eigenvalue weighted by atomic mass is 9.94. The van der Waals surface area contributed by atoms with Crippen LogP contribution in [0.2, 0.25) is 0 Å². The average molecular weight is 448 g/mol. The second kappa shape index (κ2) is 9.12. The van der Waals surface area contributed by atoms with Crippen molar-refractivity contribution in [2.75, 3.05) is 14.2 Å². The molecule has 2 heterocycles. The number of ketones is 1. The summed E-state index contributed by atoms with van der Waals surface area (Å²) in [6, 6.07) is 13.0. The number of benzene rings is 2. The van der Waals surface area contributed by atoms with Crippen molar-refractivity contribution in [2.24, 2.45) is 0 Å². The molecule has 0 bridgehead atoms. The lowest BCUT2D eigenvalue weighted by molar-refractivity contribution is -0.140. The summed E-state index contributed by atoms with van der Waals surface area (Å²) in [6.45, 7) is 0.0807. The number of aromatic nitrogens is 1. The number of pyridine rings is 1. The van der Waals surface area contributed by atoms with E-state index in [2.05, 4.69) is 4.98 Å². The van der Waals surface area contributed by atoms with E-state index in [0.717, 1.165) is 6.07 Å². The standard InChI is InChI=1S/C25H21FN2O5/c1-32-18-7-3-6-16(11-18)22-21(23(29)19-12-17(26)8-9-20(19)33-2)24(30)25(31)28(22)14-15-5-4-10-27-13-15/h3-13,22,29H,14H2,1-2H3/b23-21+. The Labute approximate surface area is 189 Å². The van der Waals surface area contributed by atoms with Crippen LogP contribution in [0.15, 0.2) is 72.6 Å². The molecule has 168 valence electrons. The predicted molar refractivity (Wildman–Crippen MR) is 118 cm³/mol. The number of hydrogen-bond donors (Lipinski definition) is 1. The Kier molecular flexibility index (Phi) is 6.08. The molecule has 4 rings (SSSR count). The third-order valence-electron chi connectivity index (χ3n) is 5.44. The fourth-order valence-electron chi connectivity index (χ4n) is 3.90. The van der Waals surface area contributed by atoms with Crippen LogP contribution in [0.4, 0.5) is 4.39 Å². The molecular weight excluding hydrogens is 427 g/mol. The number of carbonyl (C=O) groups excluding carboxylic acids is 2. The van der Waals surface area contributed by atoms with Crippen LogP contribution in [0, 0.1) is 5.82 Å². The van der Waals surface area contributed by atoms with Crippen LogP contribution in [0.3, 0.4) is 0 Å². The molecule has 1 aromatic heterocycles. The molecule has 1 aliphatic heterocycles. The fraction of sp³-hybridized carbons (Fsp3) is 0.160. The highest BCUT2D eigenvalue weighted by Crippen LogP contribution is 2.42. The van der Waals surface area contributed by atoms with Crippen LogP contribution in [0.1, 0.15) is 22.7 Å². The number of Topliss-reactive ketones (excluding diaryl/α,β-unsaturated/α-hetero) is 1. The Morgan fingerprint density at radius 2 is 1.91 bits per heavy atom. The zero-order valence-electron chi connectivity index (χ0n) is 18.0. The second-order valence-electron chi connectivity index (χ2n) is 7.41. The van der Waals surface area contributed by atoms with Crippen LogP contribution >= 0.6 is 0 Å². The van der Waals surface area contributed by atoms with Crippen molar-refractivity contribution in [3.63, 3.8) is 0 Å². The van der Waals surface area contributed by atoms with Gasteiger partial charge in [-0.15, -0.1) is 0 Å². The summed E-state index contributed by atoms with van der Waals surface area (Å²) in [4.78, 5) is 31.7. The van der Waals surface area contributed by atoms with Gasteiger partial charge in [-0.05, 0) is 47.5 Å². The Morgan fingerprint density at radius 3 is 2.61 bits per heavy atom. The molecule has 8 heteroatoms. The van der Waals surface area contributed by atoms with Crippen molar-refractivity contribution >= 4 is 17.4 Å². The smallest absolute Gasteiger partial charge is 0.295 e. The largest absolute Gasteiger partial charge is 0.507 e. The molecule has 0 aliphatic carbocycles. The molecule has 1 N–H and O–H groups in total. The number of methoxy groups -OCH3 is 2. The first-order chi connectivity index (χ1) is 15.9. The average Bonchev–Trinajstić information content (AvgIpc) is 3.09. The van der Waals surface area contributed by atoms with Gasteiger partial charge in [0.25, 0.3) is 11.7 Å². The van der Waals surface area contributed by atoms with Crippen LogP contribution in [-0.2, 0) is 16.1 Å². The molecule has 2 aromatic carbocycles. The number of hydrogen-bond acceptors (Lipinski definition) is 6. The van der Waals surface area contributed by atoms with E-state index in [1.807, 2.05) is 0 Å². The molecule has 3 aromatic rings. The molecule has 0 saturated carbocycles. The number of aliphatic hydroxyl groups is 1. The SMILES string of the molecule is COc1cccc(C2/C(=C(\O)c3cc(F)ccc3OC)C(=O)C(=O)N2Cc2cccnc2)c1. The van der Waals surface area contributed by atoms with Crippen molar-refractivity contribution in [1.82, 2.24) is 9.88 Å². The molecule has 33 heavy (non-hydrogen) atoms. The normalized spacial score (nSPS) is 17.3. The summed E-state index contributed by atoms with van der Waals surface area (Å²) in [5.74, 6) is -2.13. The highest BCUT2D eigenvalue weighted by molar-refractivity contribution is 6.46. The first kappa shape index (κ1) is 22.0. The van der Waals surface area contributed by atoms with Gasteiger partial charge in [0, 0.05) is 18.9 Å². The fourth-order valence-corrected chi connectivity index (χ4v) is 3.90. The quantitative estimate of drug-likeness (QED) is 0.350. The van der Waals surface area contributed by atoms with Gasteiger partial charge < -0.3 is 19.5 Å². The van der Waals surface area contributed by atoms with Crippen LogP contribution < -0.4 is 9.47 Å². The van der Waals surface area contributed by atoms with Crippen molar-refractivity contribution < 1.29 is 28.6 Å². The molecule has 1 aliphatic rings. The van der Waals surface area contributed by atoms with Gasteiger partial charge in [-0.2, -0.15) is 0 Å². The van der Waals surface area contributed by atoms with E-state index in [-0.39, 0.29) is 23.4 Å². The summed E-state index contributed by atoms with van der Waals surface area (Å²) in [7, 11) is 2.87. The molecule has 0 spiro atoms. The number of amides is 1. The summed E-state index contributed by atoms with van der Waals surface area (Å²) in [6.07, 6.45) is 3.20. The zero-order valence-corrected chi connectivity index (χ0v) is 18.0. The number of halogens is 1. The van der Waals surface area contributed by atoms with Gasteiger partial charge in [-0.3, -0.25) is 14.6 Å². The van der Waals surface area contributed by atoms with Gasteiger partial charge in [-0.25, -0.2) is 4.39 Å². The molecule has 1 amide bonds. The minimum atomic E-state index is -0.937. The molecule has 1 saturated heterocycles. The second-order valence-corrected chi connectivity index (χ2v) is 7.41. The van der Waals surface area contributed by atoms with Crippen molar-refractivity contribution in [2.45, 2.75) is 12.6 Å². The topological polar surface area (TPSA) is 89.0 Å².